The Morgan fingerprint density at radius 2 is 2.05 bits per heavy atom. The topological polar surface area (TPSA) is 101 Å². The van der Waals surface area contributed by atoms with Crippen molar-refractivity contribution in [1.82, 2.24) is 10.0 Å². The molecular formula is C11H13F2N3O4S. The predicted octanol–water partition coefficient (Wildman–Crippen LogP) is 0.903. The number of hydrogen-bond donors (Lipinski definition) is 2. The van der Waals surface area contributed by atoms with Crippen molar-refractivity contribution in [3.05, 3.63) is 33.9 Å². The first-order valence-corrected chi connectivity index (χ1v) is 7.51. The van der Waals surface area contributed by atoms with Crippen LogP contribution in [-0.2, 0) is 10.0 Å². The highest BCUT2D eigenvalue weighted by Crippen LogP contribution is 2.26. The van der Waals surface area contributed by atoms with Crippen molar-refractivity contribution in [2.45, 2.75) is 23.8 Å². The molecule has 1 aliphatic heterocycles. The van der Waals surface area contributed by atoms with E-state index in [-0.39, 0.29) is 6.07 Å². The van der Waals surface area contributed by atoms with Crippen LogP contribution in [0.5, 0.6) is 0 Å². The van der Waals surface area contributed by atoms with Crippen molar-refractivity contribution in [3.8, 4) is 0 Å². The Kier molecular flexibility index (Phi) is 3.95. The molecule has 1 unspecified atom stereocenters. The third-order valence-electron chi connectivity index (χ3n) is 3.24. The van der Waals surface area contributed by atoms with Crippen LogP contribution in [0.25, 0.3) is 0 Å². The van der Waals surface area contributed by atoms with Crippen LogP contribution in [0, 0.1) is 21.7 Å². The molecule has 7 nitrogen and oxygen atoms in total. The molecule has 1 heterocycles. The lowest BCUT2D eigenvalue weighted by molar-refractivity contribution is -0.387. The molecule has 1 saturated heterocycles. The van der Waals surface area contributed by atoms with Crippen LogP contribution in [-0.4, -0.2) is 32.0 Å². The Morgan fingerprint density at radius 1 is 1.38 bits per heavy atom. The molecule has 0 saturated carbocycles. The third kappa shape index (κ3) is 3.17. The zero-order valence-electron chi connectivity index (χ0n) is 11.0. The van der Waals surface area contributed by atoms with E-state index in [1.165, 1.54) is 0 Å². The zero-order valence-corrected chi connectivity index (χ0v) is 11.8. The van der Waals surface area contributed by atoms with Crippen molar-refractivity contribution in [3.63, 3.8) is 0 Å². The van der Waals surface area contributed by atoms with E-state index < -0.39 is 42.7 Å². The Balaban J connectivity index is 2.44. The van der Waals surface area contributed by atoms with Gasteiger partial charge in [0.05, 0.1) is 4.92 Å². The number of sulfonamides is 1. The second-order valence-electron chi connectivity index (χ2n) is 5.08. The maximum Gasteiger partial charge on any atom is 0.306 e. The van der Waals surface area contributed by atoms with E-state index in [1.807, 2.05) is 0 Å². The Bertz CT molecular complexity index is 687. The largest absolute Gasteiger partial charge is 0.315 e. The minimum atomic E-state index is -4.34. The summed E-state index contributed by atoms with van der Waals surface area (Å²) in [4.78, 5) is 8.59. The van der Waals surface area contributed by atoms with Gasteiger partial charge in [-0.2, -0.15) is 4.39 Å². The predicted molar refractivity (Wildman–Crippen MR) is 69.2 cm³/mol. The van der Waals surface area contributed by atoms with Crippen LogP contribution < -0.4 is 10.0 Å². The van der Waals surface area contributed by atoms with Gasteiger partial charge in [-0.25, -0.2) is 17.5 Å². The first-order valence-electron chi connectivity index (χ1n) is 6.03. The van der Waals surface area contributed by atoms with Crippen LogP contribution in [0.3, 0.4) is 0 Å². The van der Waals surface area contributed by atoms with Gasteiger partial charge in [0.15, 0.2) is 0 Å². The van der Waals surface area contributed by atoms with E-state index >= 15 is 0 Å². The van der Waals surface area contributed by atoms with Gasteiger partial charge in [-0.3, -0.25) is 10.1 Å². The molecule has 2 N–H and O–H groups in total. The normalized spacial score (nSPS) is 22.4. The summed E-state index contributed by atoms with van der Waals surface area (Å²) in [5, 5.41) is 13.6. The standard InChI is InChI=1S/C11H13F2N3O4S/c1-11(2-3-14-6-11)15-21(19,20)10-5-9(16(17)18)7(12)4-8(10)13/h4-5,14-15H,2-3,6H2,1H3. The second-order valence-corrected chi connectivity index (χ2v) is 6.73. The molecule has 0 aliphatic carbocycles. The molecule has 1 aromatic rings. The minimum absolute atomic E-state index is 0.196. The van der Waals surface area contributed by atoms with E-state index in [9.17, 15) is 27.3 Å². The third-order valence-corrected chi connectivity index (χ3v) is 4.89. The smallest absolute Gasteiger partial charge is 0.306 e. The van der Waals surface area contributed by atoms with Gasteiger partial charge in [0.2, 0.25) is 15.8 Å². The fourth-order valence-corrected chi connectivity index (χ4v) is 3.66. The molecule has 0 bridgehead atoms. The number of benzene rings is 1. The van der Waals surface area contributed by atoms with Gasteiger partial charge in [0.25, 0.3) is 0 Å². The molecule has 0 spiro atoms. The molecule has 0 aromatic heterocycles. The lowest BCUT2D eigenvalue weighted by Crippen LogP contribution is -2.47. The first kappa shape index (κ1) is 15.7. The Morgan fingerprint density at radius 3 is 2.57 bits per heavy atom. The van der Waals surface area contributed by atoms with E-state index in [0.717, 1.165) is 0 Å². The van der Waals surface area contributed by atoms with Gasteiger partial charge in [-0.05, 0) is 19.9 Å². The molecule has 1 aromatic carbocycles. The summed E-state index contributed by atoms with van der Waals surface area (Å²) in [7, 11) is -4.34. The van der Waals surface area contributed by atoms with E-state index in [1.54, 1.807) is 6.92 Å². The first-order chi connectivity index (χ1) is 9.65. The molecule has 21 heavy (non-hydrogen) atoms. The molecule has 10 heteroatoms. The lowest BCUT2D eigenvalue weighted by atomic mass is 10.0. The van der Waals surface area contributed by atoms with Gasteiger partial charge in [0.1, 0.15) is 10.7 Å². The van der Waals surface area contributed by atoms with Gasteiger partial charge < -0.3 is 5.32 Å². The van der Waals surface area contributed by atoms with Gasteiger partial charge in [-0.1, -0.05) is 0 Å². The average molecular weight is 321 g/mol. The number of halogens is 2. The minimum Gasteiger partial charge on any atom is -0.315 e. The Labute approximate surface area is 119 Å². The summed E-state index contributed by atoms with van der Waals surface area (Å²) < 4.78 is 53.6. The number of hydrogen-bond acceptors (Lipinski definition) is 5. The number of rotatable bonds is 4. The van der Waals surface area contributed by atoms with E-state index in [0.29, 0.717) is 25.6 Å². The summed E-state index contributed by atoms with van der Waals surface area (Å²) in [5.74, 6) is -2.80. The van der Waals surface area contributed by atoms with Gasteiger partial charge in [-0.15, -0.1) is 0 Å². The fourth-order valence-electron chi connectivity index (χ4n) is 2.15. The lowest BCUT2D eigenvalue weighted by Gasteiger charge is -2.24. The maximum atomic E-state index is 13.7. The monoisotopic (exact) mass is 321 g/mol. The zero-order chi connectivity index (χ0) is 15.8. The molecule has 0 amide bonds. The fraction of sp³-hybridized carbons (Fsp3) is 0.455. The summed E-state index contributed by atoms with van der Waals surface area (Å²) in [6.07, 6.45) is 0.483. The molecule has 1 fully saturated rings. The summed E-state index contributed by atoms with van der Waals surface area (Å²) in [6, 6.07) is 0.584. The number of nitrogens with zero attached hydrogens (tertiary/aromatic N) is 1. The van der Waals surface area contributed by atoms with E-state index in [2.05, 4.69) is 10.0 Å². The highest BCUT2D eigenvalue weighted by molar-refractivity contribution is 7.89. The maximum absolute atomic E-state index is 13.7. The molecule has 0 radical (unpaired) electrons. The second kappa shape index (κ2) is 5.28. The highest BCUT2D eigenvalue weighted by Gasteiger charge is 2.35. The summed E-state index contributed by atoms with van der Waals surface area (Å²) in [6.45, 7) is 2.56. The van der Waals surface area contributed by atoms with Crippen LogP contribution in [0.1, 0.15) is 13.3 Å². The molecule has 2 rings (SSSR count). The van der Waals surface area contributed by atoms with Crippen molar-refractivity contribution in [2.24, 2.45) is 0 Å². The Hall–Kier alpha value is -1.65. The quantitative estimate of drug-likeness (QED) is 0.634. The van der Waals surface area contributed by atoms with Gasteiger partial charge >= 0.3 is 5.69 Å². The average Bonchev–Trinajstić information content (AvgIpc) is 2.73. The SMILES string of the molecule is CC1(NS(=O)(=O)c2cc([N+](=O)[O-])c(F)cc2F)CCNC1. The van der Waals surface area contributed by atoms with E-state index in [4.69, 9.17) is 0 Å². The van der Waals surface area contributed by atoms with Crippen molar-refractivity contribution in [2.75, 3.05) is 13.1 Å². The van der Waals surface area contributed by atoms with Crippen molar-refractivity contribution >= 4 is 15.7 Å². The number of nitro groups is 1. The van der Waals surface area contributed by atoms with Gasteiger partial charge in [0, 0.05) is 24.2 Å². The van der Waals surface area contributed by atoms with Crippen LogP contribution in [0.4, 0.5) is 14.5 Å². The highest BCUT2D eigenvalue weighted by atomic mass is 32.2. The molecule has 1 atom stereocenters. The van der Waals surface area contributed by atoms with Crippen LogP contribution >= 0.6 is 0 Å². The molecular weight excluding hydrogens is 308 g/mol. The number of nitrogens with one attached hydrogen (secondary N) is 2. The van der Waals surface area contributed by atoms with Crippen molar-refractivity contribution < 1.29 is 22.1 Å². The summed E-state index contributed by atoms with van der Waals surface area (Å²) in [5.41, 5.74) is -1.92. The van der Waals surface area contributed by atoms with Crippen molar-refractivity contribution in [1.29, 1.82) is 0 Å². The number of nitro benzene ring substituents is 1. The van der Waals surface area contributed by atoms with Crippen LogP contribution in [0.2, 0.25) is 0 Å². The molecule has 1 aliphatic rings. The molecule has 116 valence electrons. The van der Waals surface area contributed by atoms with Crippen LogP contribution in [0.15, 0.2) is 17.0 Å². The summed E-state index contributed by atoms with van der Waals surface area (Å²) >= 11 is 0.